The van der Waals surface area contributed by atoms with Crippen LogP contribution in [0.3, 0.4) is 0 Å². The highest BCUT2D eigenvalue weighted by Gasteiger charge is 2.17. The minimum atomic E-state index is -3.50. The second-order valence-electron chi connectivity index (χ2n) is 6.35. The van der Waals surface area contributed by atoms with Crippen molar-refractivity contribution >= 4 is 33.2 Å². The first-order chi connectivity index (χ1) is 13.3. The molecule has 3 rings (SSSR count). The average molecular weight is 416 g/mol. The van der Waals surface area contributed by atoms with Gasteiger partial charge >= 0.3 is 0 Å². The Morgan fingerprint density at radius 3 is 2.54 bits per heavy atom. The second kappa shape index (κ2) is 8.62. The molecule has 0 bridgehead atoms. The van der Waals surface area contributed by atoms with Crippen LogP contribution in [0.25, 0.3) is 0 Å². The van der Waals surface area contributed by atoms with E-state index < -0.39 is 9.84 Å². The van der Waals surface area contributed by atoms with E-state index in [-0.39, 0.29) is 23.0 Å². The number of sulfone groups is 1. The van der Waals surface area contributed by atoms with Gasteiger partial charge in [-0.3, -0.25) is 4.79 Å². The van der Waals surface area contributed by atoms with E-state index in [0.717, 1.165) is 15.6 Å². The summed E-state index contributed by atoms with van der Waals surface area (Å²) < 4.78 is 26.7. The van der Waals surface area contributed by atoms with Crippen molar-refractivity contribution in [3.63, 3.8) is 0 Å². The minimum Gasteiger partial charge on any atom is -0.329 e. The smallest absolute Gasteiger partial charge is 0.225 e. The number of hydrogen-bond donors (Lipinski definition) is 1. The van der Waals surface area contributed by atoms with Gasteiger partial charge in [0.1, 0.15) is 0 Å². The summed E-state index contributed by atoms with van der Waals surface area (Å²) in [6, 6.07) is 14.0. The topological polar surface area (TPSA) is 81.1 Å². The number of nitrogens with one attached hydrogen (secondary N) is 1. The van der Waals surface area contributed by atoms with Crippen LogP contribution in [0.15, 0.2) is 75.9 Å². The Balaban J connectivity index is 1.65. The summed E-state index contributed by atoms with van der Waals surface area (Å²) in [6.45, 7) is 1.89. The van der Waals surface area contributed by atoms with E-state index in [0.29, 0.717) is 5.69 Å². The molecular weight excluding hydrogens is 394 g/mol. The first-order valence-corrected chi connectivity index (χ1v) is 11.2. The van der Waals surface area contributed by atoms with Crippen molar-refractivity contribution in [2.24, 2.45) is 7.05 Å². The molecular formula is C20H21N3O3S2. The summed E-state index contributed by atoms with van der Waals surface area (Å²) in [4.78, 5) is 17.7. The van der Waals surface area contributed by atoms with Gasteiger partial charge in [0.05, 0.1) is 16.3 Å². The van der Waals surface area contributed by atoms with Gasteiger partial charge in [0.15, 0.2) is 15.0 Å². The standard InChI is InChI=1S/C20H21N3O3S2/c1-15-7-9-16(10-8-15)28(25,26)14-11-19(24)22-17-5-3-4-6-18(17)27-20-21-12-13-23(20)2/h3-10,12-13H,11,14H2,1-2H3,(H,22,24). The van der Waals surface area contributed by atoms with Gasteiger partial charge in [-0.05, 0) is 43.0 Å². The fraction of sp³-hybridized carbons (Fsp3) is 0.200. The molecule has 6 nitrogen and oxygen atoms in total. The first-order valence-electron chi connectivity index (χ1n) is 8.68. The van der Waals surface area contributed by atoms with Crippen molar-refractivity contribution in [2.45, 2.75) is 28.3 Å². The highest BCUT2D eigenvalue weighted by molar-refractivity contribution is 7.99. The van der Waals surface area contributed by atoms with Crippen molar-refractivity contribution in [1.29, 1.82) is 0 Å². The number of aryl methyl sites for hydroxylation is 2. The normalized spacial score (nSPS) is 11.4. The summed E-state index contributed by atoms with van der Waals surface area (Å²) in [5, 5.41) is 3.61. The van der Waals surface area contributed by atoms with Crippen LogP contribution >= 0.6 is 11.8 Å². The molecule has 0 atom stereocenters. The number of carbonyl (C=O) groups is 1. The molecule has 1 aromatic heterocycles. The van der Waals surface area contributed by atoms with Crippen molar-refractivity contribution in [3.8, 4) is 0 Å². The summed E-state index contributed by atoms with van der Waals surface area (Å²) >= 11 is 1.43. The Kier molecular flexibility index (Phi) is 6.21. The van der Waals surface area contributed by atoms with Gasteiger partial charge in [-0.2, -0.15) is 0 Å². The number of benzene rings is 2. The number of para-hydroxylation sites is 1. The van der Waals surface area contributed by atoms with Gasteiger partial charge in [0, 0.05) is 30.8 Å². The fourth-order valence-corrected chi connectivity index (χ4v) is 4.64. The zero-order valence-corrected chi connectivity index (χ0v) is 17.3. The van der Waals surface area contributed by atoms with Gasteiger partial charge in [-0.1, -0.05) is 29.8 Å². The summed E-state index contributed by atoms with van der Waals surface area (Å²) in [7, 11) is -1.61. The molecule has 0 spiro atoms. The third kappa shape index (κ3) is 5.02. The van der Waals surface area contributed by atoms with E-state index in [9.17, 15) is 13.2 Å². The molecule has 0 saturated heterocycles. The van der Waals surface area contributed by atoms with Crippen molar-refractivity contribution in [3.05, 3.63) is 66.5 Å². The molecule has 0 saturated carbocycles. The lowest BCUT2D eigenvalue weighted by Crippen LogP contribution is -2.17. The summed E-state index contributed by atoms with van der Waals surface area (Å²) in [6.07, 6.45) is 3.44. The van der Waals surface area contributed by atoms with Crippen LogP contribution in [0.4, 0.5) is 5.69 Å². The quantitative estimate of drug-likeness (QED) is 0.637. The van der Waals surface area contributed by atoms with Gasteiger partial charge in [0.2, 0.25) is 5.91 Å². The molecule has 146 valence electrons. The van der Waals surface area contributed by atoms with Gasteiger partial charge in [-0.25, -0.2) is 13.4 Å². The third-order valence-corrected chi connectivity index (χ3v) is 7.00. The molecule has 28 heavy (non-hydrogen) atoms. The van der Waals surface area contributed by atoms with Crippen molar-refractivity contribution in [1.82, 2.24) is 9.55 Å². The van der Waals surface area contributed by atoms with E-state index in [4.69, 9.17) is 0 Å². The van der Waals surface area contributed by atoms with Crippen LogP contribution in [0.5, 0.6) is 0 Å². The molecule has 0 fully saturated rings. The molecule has 0 aliphatic rings. The van der Waals surface area contributed by atoms with E-state index in [1.54, 1.807) is 36.5 Å². The first kappa shape index (κ1) is 20.2. The number of aromatic nitrogens is 2. The Morgan fingerprint density at radius 1 is 1.14 bits per heavy atom. The van der Waals surface area contributed by atoms with Gasteiger partial charge in [-0.15, -0.1) is 0 Å². The van der Waals surface area contributed by atoms with Crippen LogP contribution in [0.1, 0.15) is 12.0 Å². The lowest BCUT2D eigenvalue weighted by Gasteiger charge is -2.11. The van der Waals surface area contributed by atoms with Crippen LogP contribution in [-0.2, 0) is 21.7 Å². The Morgan fingerprint density at radius 2 is 1.86 bits per heavy atom. The molecule has 1 N–H and O–H groups in total. The largest absolute Gasteiger partial charge is 0.329 e. The molecule has 8 heteroatoms. The maximum absolute atomic E-state index is 12.4. The van der Waals surface area contributed by atoms with Gasteiger partial charge in [0.25, 0.3) is 0 Å². The highest BCUT2D eigenvalue weighted by Crippen LogP contribution is 2.32. The number of nitrogens with zero attached hydrogens (tertiary/aromatic N) is 2. The molecule has 1 heterocycles. The zero-order valence-electron chi connectivity index (χ0n) is 15.6. The van der Waals surface area contributed by atoms with Crippen LogP contribution < -0.4 is 5.32 Å². The Bertz CT molecular complexity index is 1070. The molecule has 0 radical (unpaired) electrons. The Labute approximate surface area is 168 Å². The lowest BCUT2D eigenvalue weighted by molar-refractivity contribution is -0.115. The van der Waals surface area contributed by atoms with Gasteiger partial charge < -0.3 is 9.88 Å². The molecule has 0 aliphatic carbocycles. The van der Waals surface area contributed by atoms with Crippen LogP contribution in [0, 0.1) is 6.92 Å². The third-order valence-electron chi connectivity index (χ3n) is 4.12. The molecule has 0 unspecified atom stereocenters. The SMILES string of the molecule is Cc1ccc(S(=O)(=O)CCC(=O)Nc2ccccc2Sc2nccn2C)cc1. The number of anilines is 1. The average Bonchev–Trinajstić information content (AvgIpc) is 3.07. The summed E-state index contributed by atoms with van der Waals surface area (Å²) in [5.74, 6) is -0.583. The lowest BCUT2D eigenvalue weighted by atomic mass is 10.2. The monoisotopic (exact) mass is 415 g/mol. The number of amides is 1. The molecule has 0 aliphatic heterocycles. The summed E-state index contributed by atoms with van der Waals surface area (Å²) in [5.41, 5.74) is 1.62. The zero-order chi connectivity index (χ0) is 20.1. The number of rotatable bonds is 7. The maximum atomic E-state index is 12.4. The van der Waals surface area contributed by atoms with E-state index >= 15 is 0 Å². The molecule has 2 aromatic carbocycles. The number of imidazole rings is 1. The molecule has 3 aromatic rings. The van der Waals surface area contributed by atoms with Crippen molar-refractivity contribution in [2.75, 3.05) is 11.1 Å². The predicted octanol–water partition coefficient (Wildman–Crippen LogP) is 3.68. The number of carbonyl (C=O) groups excluding carboxylic acids is 1. The minimum absolute atomic E-state index is 0.113. The van der Waals surface area contributed by atoms with Crippen LogP contribution in [-0.4, -0.2) is 29.6 Å². The molecule has 1 amide bonds. The van der Waals surface area contributed by atoms with Crippen LogP contribution in [0.2, 0.25) is 0 Å². The van der Waals surface area contributed by atoms with Crippen molar-refractivity contribution < 1.29 is 13.2 Å². The number of hydrogen-bond acceptors (Lipinski definition) is 5. The Hall–Kier alpha value is -2.58. The fourth-order valence-electron chi connectivity index (χ4n) is 2.51. The van der Waals surface area contributed by atoms with E-state index in [1.165, 1.54) is 11.8 Å². The maximum Gasteiger partial charge on any atom is 0.225 e. The van der Waals surface area contributed by atoms with E-state index in [2.05, 4.69) is 10.3 Å². The van der Waals surface area contributed by atoms with E-state index in [1.807, 2.05) is 42.9 Å². The predicted molar refractivity (Wildman–Crippen MR) is 110 cm³/mol. The highest BCUT2D eigenvalue weighted by atomic mass is 32.2. The second-order valence-corrected chi connectivity index (χ2v) is 9.47.